The maximum Gasteiger partial charge on any atom is 0.306 e. The van der Waals surface area contributed by atoms with Gasteiger partial charge in [-0.1, -0.05) is 18.5 Å². The van der Waals surface area contributed by atoms with Crippen LogP contribution in [0.15, 0.2) is 4.52 Å². The normalized spacial score (nSPS) is 17.9. The molecule has 6 heteroatoms. The van der Waals surface area contributed by atoms with Crippen molar-refractivity contribution in [2.45, 2.75) is 64.5 Å². The minimum Gasteiger partial charge on any atom is -0.481 e. The highest BCUT2D eigenvalue weighted by atomic mass is 16.5. The first-order valence-electron chi connectivity index (χ1n) is 7.35. The van der Waals surface area contributed by atoms with E-state index in [0.29, 0.717) is 24.3 Å². The third-order valence-corrected chi connectivity index (χ3v) is 3.71. The van der Waals surface area contributed by atoms with Gasteiger partial charge >= 0.3 is 5.97 Å². The van der Waals surface area contributed by atoms with E-state index in [1.165, 1.54) is 0 Å². The fraction of sp³-hybridized carbons (Fsp3) is 0.786. The maximum absolute atomic E-state index is 10.7. The molecule has 1 heterocycles. The highest BCUT2D eigenvalue weighted by Gasteiger charge is 2.29. The van der Waals surface area contributed by atoms with Crippen molar-refractivity contribution in [1.82, 2.24) is 15.5 Å². The van der Waals surface area contributed by atoms with Gasteiger partial charge in [-0.15, -0.1) is 0 Å². The summed E-state index contributed by atoms with van der Waals surface area (Å²) < 4.78 is 5.19. The molecular formula is C14H23N3O3. The zero-order valence-electron chi connectivity index (χ0n) is 12.1. The van der Waals surface area contributed by atoms with E-state index in [-0.39, 0.29) is 5.92 Å². The molecular weight excluding hydrogens is 258 g/mol. The van der Waals surface area contributed by atoms with Gasteiger partial charge in [0.05, 0.1) is 12.5 Å². The number of rotatable bonds is 9. The van der Waals surface area contributed by atoms with E-state index in [2.05, 4.69) is 22.4 Å². The molecule has 6 nitrogen and oxygen atoms in total. The van der Waals surface area contributed by atoms with E-state index in [0.717, 1.165) is 38.0 Å². The van der Waals surface area contributed by atoms with Crippen LogP contribution in [0.5, 0.6) is 0 Å². The van der Waals surface area contributed by atoms with E-state index in [1.807, 2.05) is 0 Å². The summed E-state index contributed by atoms with van der Waals surface area (Å²) in [5.41, 5.74) is 0. The molecule has 0 amide bonds. The molecule has 1 aliphatic carbocycles. The standard InChI is InChI=1S/C14H23N3O3/c1-9(14(18)19)4-3-5-10(2)15-8-12-16-13(20-17-12)11-6-7-11/h9-11,15H,3-8H2,1-2H3,(H,18,19). The number of nitrogens with one attached hydrogen (secondary N) is 1. The van der Waals surface area contributed by atoms with Gasteiger partial charge in [0, 0.05) is 12.0 Å². The molecule has 0 aliphatic heterocycles. The topological polar surface area (TPSA) is 88.2 Å². The van der Waals surface area contributed by atoms with Gasteiger partial charge in [0.25, 0.3) is 0 Å². The Morgan fingerprint density at radius 1 is 1.45 bits per heavy atom. The molecule has 0 aromatic carbocycles. The lowest BCUT2D eigenvalue weighted by molar-refractivity contribution is -0.141. The van der Waals surface area contributed by atoms with E-state index in [4.69, 9.17) is 9.63 Å². The van der Waals surface area contributed by atoms with Gasteiger partial charge in [-0.05, 0) is 32.6 Å². The summed E-state index contributed by atoms with van der Waals surface area (Å²) in [6.07, 6.45) is 4.89. The Labute approximate surface area is 118 Å². The Morgan fingerprint density at radius 2 is 2.20 bits per heavy atom. The second-order valence-electron chi connectivity index (χ2n) is 5.78. The molecule has 2 atom stereocenters. The molecule has 20 heavy (non-hydrogen) atoms. The predicted octanol–water partition coefficient (Wildman–Crippen LogP) is 2.32. The predicted molar refractivity (Wildman–Crippen MR) is 73.2 cm³/mol. The fourth-order valence-electron chi connectivity index (χ4n) is 2.06. The van der Waals surface area contributed by atoms with E-state index >= 15 is 0 Å². The molecule has 1 aromatic rings. The maximum atomic E-state index is 10.7. The highest BCUT2D eigenvalue weighted by molar-refractivity contribution is 5.69. The first-order valence-corrected chi connectivity index (χ1v) is 7.35. The molecule has 2 N–H and O–H groups in total. The molecule has 0 radical (unpaired) electrons. The summed E-state index contributed by atoms with van der Waals surface area (Å²) >= 11 is 0. The van der Waals surface area contributed by atoms with Crippen molar-refractivity contribution in [3.8, 4) is 0 Å². The van der Waals surface area contributed by atoms with Crippen LogP contribution in [0, 0.1) is 5.92 Å². The molecule has 1 aromatic heterocycles. The molecule has 1 fully saturated rings. The summed E-state index contributed by atoms with van der Waals surface area (Å²) in [6.45, 7) is 4.44. The van der Waals surface area contributed by atoms with Gasteiger partial charge in [-0.25, -0.2) is 0 Å². The Balaban J connectivity index is 1.61. The lowest BCUT2D eigenvalue weighted by Crippen LogP contribution is -2.26. The van der Waals surface area contributed by atoms with Gasteiger partial charge < -0.3 is 14.9 Å². The van der Waals surface area contributed by atoms with Crippen LogP contribution in [0.2, 0.25) is 0 Å². The molecule has 0 spiro atoms. The van der Waals surface area contributed by atoms with Crippen molar-refractivity contribution in [2.24, 2.45) is 5.92 Å². The van der Waals surface area contributed by atoms with E-state index < -0.39 is 5.97 Å². The van der Waals surface area contributed by atoms with Crippen LogP contribution in [0.1, 0.15) is 63.6 Å². The Morgan fingerprint density at radius 3 is 2.85 bits per heavy atom. The monoisotopic (exact) mass is 281 g/mol. The van der Waals surface area contributed by atoms with Crippen molar-refractivity contribution in [3.05, 3.63) is 11.7 Å². The van der Waals surface area contributed by atoms with Gasteiger partial charge in [0.1, 0.15) is 0 Å². The lowest BCUT2D eigenvalue weighted by Gasteiger charge is -2.13. The number of aliphatic carboxylic acids is 1. The summed E-state index contributed by atoms with van der Waals surface area (Å²) in [7, 11) is 0. The summed E-state index contributed by atoms with van der Waals surface area (Å²) in [5.74, 6) is 0.985. The number of carboxylic acid groups (broad SMARTS) is 1. The minimum atomic E-state index is -0.718. The second-order valence-corrected chi connectivity index (χ2v) is 5.78. The zero-order chi connectivity index (χ0) is 14.5. The van der Waals surface area contributed by atoms with Crippen LogP contribution in [0.25, 0.3) is 0 Å². The van der Waals surface area contributed by atoms with Crippen molar-refractivity contribution in [3.63, 3.8) is 0 Å². The lowest BCUT2D eigenvalue weighted by atomic mass is 10.0. The molecule has 2 rings (SSSR count). The minimum absolute atomic E-state index is 0.263. The van der Waals surface area contributed by atoms with E-state index in [9.17, 15) is 4.79 Å². The molecule has 0 bridgehead atoms. The Hall–Kier alpha value is -1.43. The van der Waals surface area contributed by atoms with Crippen molar-refractivity contribution in [2.75, 3.05) is 0 Å². The number of nitrogens with zero attached hydrogens (tertiary/aromatic N) is 2. The van der Waals surface area contributed by atoms with Crippen LogP contribution in [-0.2, 0) is 11.3 Å². The first-order chi connectivity index (χ1) is 9.56. The average molecular weight is 281 g/mol. The summed E-state index contributed by atoms with van der Waals surface area (Å²) in [5, 5.41) is 16.1. The number of carbonyl (C=O) groups is 1. The fourth-order valence-corrected chi connectivity index (χ4v) is 2.06. The summed E-state index contributed by atoms with van der Waals surface area (Å²) in [4.78, 5) is 15.1. The van der Waals surface area contributed by atoms with Crippen LogP contribution in [0.4, 0.5) is 0 Å². The molecule has 112 valence electrons. The quantitative estimate of drug-likeness (QED) is 0.722. The zero-order valence-corrected chi connectivity index (χ0v) is 12.1. The van der Waals surface area contributed by atoms with Crippen LogP contribution < -0.4 is 5.32 Å². The molecule has 1 aliphatic rings. The molecule has 0 saturated heterocycles. The average Bonchev–Trinajstić information content (AvgIpc) is 3.15. The number of carboxylic acids is 1. The smallest absolute Gasteiger partial charge is 0.306 e. The molecule has 2 unspecified atom stereocenters. The summed E-state index contributed by atoms with van der Waals surface area (Å²) in [6, 6.07) is 0.318. The highest BCUT2D eigenvalue weighted by Crippen LogP contribution is 2.38. The van der Waals surface area contributed by atoms with Gasteiger partial charge in [-0.3, -0.25) is 4.79 Å². The van der Waals surface area contributed by atoms with Crippen molar-refractivity contribution < 1.29 is 14.4 Å². The third kappa shape index (κ3) is 4.59. The number of hydrogen-bond donors (Lipinski definition) is 2. The van der Waals surface area contributed by atoms with Crippen molar-refractivity contribution in [1.29, 1.82) is 0 Å². The molecule has 1 saturated carbocycles. The van der Waals surface area contributed by atoms with Crippen LogP contribution in [-0.4, -0.2) is 27.3 Å². The Kier molecular flexibility index (Phi) is 5.11. The Bertz CT molecular complexity index is 443. The SMILES string of the molecule is CC(CCCC(C)C(=O)O)NCc1noc(C2CC2)n1. The largest absolute Gasteiger partial charge is 0.481 e. The number of aromatic nitrogens is 2. The van der Waals surface area contributed by atoms with Crippen molar-refractivity contribution >= 4 is 5.97 Å². The van der Waals surface area contributed by atoms with E-state index in [1.54, 1.807) is 6.92 Å². The second kappa shape index (κ2) is 6.83. The first kappa shape index (κ1) is 15.0. The van der Waals surface area contributed by atoms with Crippen LogP contribution >= 0.6 is 0 Å². The number of hydrogen-bond acceptors (Lipinski definition) is 5. The van der Waals surface area contributed by atoms with Gasteiger partial charge in [-0.2, -0.15) is 4.98 Å². The van der Waals surface area contributed by atoms with Crippen LogP contribution in [0.3, 0.4) is 0 Å². The third-order valence-electron chi connectivity index (χ3n) is 3.71. The van der Waals surface area contributed by atoms with Gasteiger partial charge in [0.15, 0.2) is 5.82 Å². The van der Waals surface area contributed by atoms with Gasteiger partial charge in [0.2, 0.25) is 5.89 Å².